The molecule has 0 fully saturated rings. The molecule has 0 saturated carbocycles. The third-order valence-electron chi connectivity index (χ3n) is 7.29. The molecule has 0 spiro atoms. The molecule has 0 radical (unpaired) electrons. The number of alkyl halides is 3. The third-order valence-corrected chi connectivity index (χ3v) is 7.51. The molecule has 1 aliphatic heterocycles. The fourth-order valence-electron chi connectivity index (χ4n) is 5.20. The molecule has 232 valence electrons. The number of fused-ring (bicyclic) bond motifs is 1. The molecule has 0 aliphatic carbocycles. The van der Waals surface area contributed by atoms with Crippen LogP contribution in [0.1, 0.15) is 41.1 Å². The van der Waals surface area contributed by atoms with Crippen molar-refractivity contribution >= 4 is 46.5 Å². The number of aliphatic imine (C=N–C) groups is 1. The Kier molecular flexibility index (Phi) is 9.00. The molecule has 3 N–H and O–H groups in total. The van der Waals surface area contributed by atoms with Gasteiger partial charge in [0.2, 0.25) is 18.0 Å². The van der Waals surface area contributed by atoms with E-state index in [0.29, 0.717) is 27.5 Å². The smallest absolute Gasteiger partial charge is 0.369 e. The van der Waals surface area contributed by atoms with Gasteiger partial charge >= 0.3 is 6.18 Å². The predicted octanol–water partition coefficient (Wildman–Crippen LogP) is 5.22. The summed E-state index contributed by atoms with van der Waals surface area (Å²) >= 11 is 6.05. The number of pyridine rings is 1. The molecule has 45 heavy (non-hydrogen) atoms. The van der Waals surface area contributed by atoms with E-state index in [4.69, 9.17) is 21.9 Å². The van der Waals surface area contributed by atoms with Crippen molar-refractivity contribution in [2.24, 2.45) is 16.6 Å². The first-order valence-corrected chi connectivity index (χ1v) is 14.1. The van der Waals surface area contributed by atoms with Crippen molar-refractivity contribution < 1.29 is 32.1 Å². The summed E-state index contributed by atoms with van der Waals surface area (Å²) < 4.78 is 45.2. The predicted molar refractivity (Wildman–Crippen MR) is 159 cm³/mol. The summed E-state index contributed by atoms with van der Waals surface area (Å²) in [7, 11) is 0. The minimum absolute atomic E-state index is 0.0601. The highest BCUT2D eigenvalue weighted by Gasteiger charge is 2.42. The molecule has 3 heterocycles. The lowest BCUT2D eigenvalue weighted by molar-refractivity contribution is -0.144. The highest BCUT2D eigenvalue weighted by molar-refractivity contribution is 6.30. The van der Waals surface area contributed by atoms with Gasteiger partial charge in [-0.3, -0.25) is 19.3 Å². The Morgan fingerprint density at radius 2 is 1.80 bits per heavy atom. The second-order valence-corrected chi connectivity index (χ2v) is 10.7. The van der Waals surface area contributed by atoms with Gasteiger partial charge in [-0.1, -0.05) is 65.3 Å². The van der Waals surface area contributed by atoms with Crippen molar-refractivity contribution in [1.29, 1.82) is 0 Å². The minimum Gasteiger partial charge on any atom is -0.369 e. The van der Waals surface area contributed by atoms with Crippen LogP contribution >= 0.6 is 11.6 Å². The van der Waals surface area contributed by atoms with Crippen LogP contribution in [-0.2, 0) is 14.4 Å². The number of halogens is 4. The molecule has 2 aromatic heterocycles. The SMILES string of the molecule is Cc1nocc1[C@H](C(N)=O)[C@@H](CCC(F)(F)F)C(=O)N[C@H]1N=C(c2ccccc2)c2ccccc2N(c2ccc(Cl)cn2)C1=O. The van der Waals surface area contributed by atoms with Crippen molar-refractivity contribution in [3.8, 4) is 0 Å². The molecular weight excluding hydrogens is 613 g/mol. The van der Waals surface area contributed by atoms with Gasteiger partial charge in [0.05, 0.1) is 34.0 Å². The quantitative estimate of drug-likeness (QED) is 0.257. The van der Waals surface area contributed by atoms with Crippen molar-refractivity contribution in [2.45, 2.75) is 38.0 Å². The van der Waals surface area contributed by atoms with Crippen molar-refractivity contribution in [1.82, 2.24) is 15.5 Å². The van der Waals surface area contributed by atoms with Crippen LogP contribution in [0.3, 0.4) is 0 Å². The Balaban J connectivity index is 1.62. The number of aromatic nitrogens is 2. The average molecular weight is 639 g/mol. The molecule has 10 nitrogen and oxygen atoms in total. The summed E-state index contributed by atoms with van der Waals surface area (Å²) in [5.41, 5.74) is 7.71. The Morgan fingerprint density at radius 3 is 2.42 bits per heavy atom. The van der Waals surface area contributed by atoms with Crippen LogP contribution in [0.4, 0.5) is 24.7 Å². The monoisotopic (exact) mass is 638 g/mol. The molecule has 0 saturated heterocycles. The van der Waals surface area contributed by atoms with E-state index >= 15 is 0 Å². The lowest BCUT2D eigenvalue weighted by Crippen LogP contribution is -2.49. The number of nitrogens with two attached hydrogens (primary N) is 1. The standard InChI is InChI=1S/C31H26ClF3N6O4/c1-17-22(16-45-40-17)25(27(36)42)21(13-14-31(33,34)35)29(43)39-28-30(44)41(24-12-11-19(32)15-37-24)23-10-6-5-9-20(23)26(38-28)18-7-3-2-4-8-18/h2-12,15-16,21,25,28H,13-14H2,1H3,(H2,36,42)(H,39,43)/t21-,25-,28-/m1/s1. The van der Waals surface area contributed by atoms with Crippen molar-refractivity contribution in [2.75, 3.05) is 4.90 Å². The van der Waals surface area contributed by atoms with E-state index in [1.807, 2.05) is 0 Å². The van der Waals surface area contributed by atoms with Crippen LogP contribution in [0, 0.1) is 12.8 Å². The number of anilines is 2. The van der Waals surface area contributed by atoms with Gasteiger partial charge in [-0.2, -0.15) is 13.2 Å². The third kappa shape index (κ3) is 6.88. The summed E-state index contributed by atoms with van der Waals surface area (Å²) in [6.45, 7) is 1.47. The fourth-order valence-corrected chi connectivity index (χ4v) is 5.31. The van der Waals surface area contributed by atoms with Crippen LogP contribution < -0.4 is 16.0 Å². The Morgan fingerprint density at radius 1 is 1.09 bits per heavy atom. The normalized spacial score (nSPS) is 16.3. The summed E-state index contributed by atoms with van der Waals surface area (Å²) in [5.74, 6) is -5.91. The number of primary amides is 1. The Hall–Kier alpha value is -5.04. The Labute approximate surface area is 260 Å². The van der Waals surface area contributed by atoms with Crippen LogP contribution in [0.5, 0.6) is 0 Å². The van der Waals surface area contributed by atoms with E-state index in [9.17, 15) is 27.6 Å². The number of aryl methyl sites for hydroxylation is 1. The molecular formula is C31H26ClF3N6O4. The first-order chi connectivity index (χ1) is 21.4. The van der Waals surface area contributed by atoms with Gasteiger partial charge in [-0.05, 0) is 31.5 Å². The molecule has 4 aromatic rings. The topological polar surface area (TPSA) is 144 Å². The van der Waals surface area contributed by atoms with Crippen LogP contribution in [0.2, 0.25) is 5.02 Å². The van der Waals surface area contributed by atoms with Gasteiger partial charge in [-0.15, -0.1) is 0 Å². The molecule has 2 aromatic carbocycles. The van der Waals surface area contributed by atoms with E-state index < -0.39 is 54.7 Å². The summed E-state index contributed by atoms with van der Waals surface area (Å²) in [6, 6.07) is 18.8. The zero-order chi connectivity index (χ0) is 32.3. The number of hydrogen-bond acceptors (Lipinski definition) is 7. The average Bonchev–Trinajstić information content (AvgIpc) is 3.38. The number of hydrogen-bond donors (Lipinski definition) is 2. The van der Waals surface area contributed by atoms with Gasteiger partial charge in [0, 0.05) is 29.3 Å². The number of carbonyl (C=O) groups is 3. The number of nitrogens with zero attached hydrogens (tertiary/aromatic N) is 4. The number of benzene rings is 2. The highest BCUT2D eigenvalue weighted by Crippen LogP contribution is 2.36. The van der Waals surface area contributed by atoms with E-state index in [1.54, 1.807) is 54.6 Å². The van der Waals surface area contributed by atoms with Gasteiger partial charge in [0.15, 0.2) is 0 Å². The minimum atomic E-state index is -4.65. The van der Waals surface area contributed by atoms with Crippen LogP contribution in [0.25, 0.3) is 0 Å². The lowest BCUT2D eigenvalue weighted by atomic mass is 9.82. The number of carbonyl (C=O) groups excluding carboxylic acids is 3. The van der Waals surface area contributed by atoms with Crippen LogP contribution in [0.15, 0.2) is 88.7 Å². The molecule has 3 atom stereocenters. The molecule has 14 heteroatoms. The zero-order valence-electron chi connectivity index (χ0n) is 23.7. The number of nitrogens with one attached hydrogen (secondary N) is 1. The van der Waals surface area contributed by atoms with E-state index in [-0.39, 0.29) is 17.1 Å². The first-order valence-electron chi connectivity index (χ1n) is 13.7. The second kappa shape index (κ2) is 12.9. The maximum absolute atomic E-state index is 14.3. The van der Waals surface area contributed by atoms with Crippen molar-refractivity contribution in [3.63, 3.8) is 0 Å². The van der Waals surface area contributed by atoms with Gasteiger partial charge in [0.25, 0.3) is 5.91 Å². The largest absolute Gasteiger partial charge is 0.389 e. The van der Waals surface area contributed by atoms with E-state index in [1.165, 1.54) is 30.2 Å². The van der Waals surface area contributed by atoms with Gasteiger partial charge < -0.3 is 15.6 Å². The second-order valence-electron chi connectivity index (χ2n) is 10.3. The fraction of sp³-hybridized carbons (Fsp3) is 0.226. The van der Waals surface area contributed by atoms with E-state index in [2.05, 4.69) is 20.4 Å². The number of rotatable bonds is 9. The van der Waals surface area contributed by atoms with Crippen molar-refractivity contribution in [3.05, 3.63) is 107 Å². The molecule has 1 aliphatic rings. The Bertz CT molecular complexity index is 1740. The van der Waals surface area contributed by atoms with Gasteiger partial charge in [-0.25, -0.2) is 9.98 Å². The summed E-state index contributed by atoms with van der Waals surface area (Å²) in [4.78, 5) is 51.0. The van der Waals surface area contributed by atoms with Crippen LogP contribution in [-0.4, -0.2) is 45.9 Å². The summed E-state index contributed by atoms with van der Waals surface area (Å²) in [6.07, 6.45) is -6.11. The maximum atomic E-state index is 14.3. The molecule has 3 amide bonds. The summed E-state index contributed by atoms with van der Waals surface area (Å²) in [5, 5.41) is 6.52. The van der Waals surface area contributed by atoms with Gasteiger partial charge in [0.1, 0.15) is 12.1 Å². The maximum Gasteiger partial charge on any atom is 0.389 e. The molecule has 0 bridgehead atoms. The number of amides is 3. The highest BCUT2D eigenvalue weighted by atomic mass is 35.5. The zero-order valence-corrected chi connectivity index (χ0v) is 24.4. The van der Waals surface area contributed by atoms with E-state index in [0.717, 1.165) is 6.26 Å². The lowest BCUT2D eigenvalue weighted by Gasteiger charge is -2.27. The number of para-hydroxylation sites is 1. The number of benzodiazepines with no additional fused rings is 1. The molecule has 0 unspecified atom stereocenters. The first kappa shape index (κ1) is 31.4. The molecule has 5 rings (SSSR count).